The Bertz CT molecular complexity index is 360. The number of aryl methyl sites for hydroxylation is 1. The van der Waals surface area contributed by atoms with Crippen LogP contribution in [0.2, 0.25) is 0 Å². The fourth-order valence-corrected chi connectivity index (χ4v) is 2.46. The zero-order valence-electron chi connectivity index (χ0n) is 9.55. The molecule has 0 radical (unpaired) electrons. The van der Waals surface area contributed by atoms with Gasteiger partial charge in [0.25, 0.3) is 0 Å². The molecule has 3 atom stereocenters. The molecule has 1 unspecified atom stereocenters. The quantitative estimate of drug-likeness (QED) is 0.735. The van der Waals surface area contributed by atoms with Gasteiger partial charge >= 0.3 is 0 Å². The molecule has 82 valence electrons. The zero-order chi connectivity index (χ0) is 11.0. The van der Waals surface area contributed by atoms with Crippen molar-refractivity contribution in [2.75, 3.05) is 0 Å². The van der Waals surface area contributed by atoms with Crippen molar-refractivity contribution in [2.24, 2.45) is 5.92 Å². The van der Waals surface area contributed by atoms with Gasteiger partial charge in [0.2, 0.25) is 0 Å². The van der Waals surface area contributed by atoms with Crippen molar-refractivity contribution in [3.8, 4) is 0 Å². The van der Waals surface area contributed by atoms with E-state index in [-0.39, 0.29) is 6.04 Å². The topological polar surface area (TPSA) is 12.0 Å². The second kappa shape index (κ2) is 3.93. The van der Waals surface area contributed by atoms with E-state index in [1.54, 1.807) is 6.92 Å². The van der Waals surface area contributed by atoms with Crippen molar-refractivity contribution in [1.82, 2.24) is 5.32 Å². The van der Waals surface area contributed by atoms with E-state index in [0.717, 1.165) is 6.42 Å². The smallest absolute Gasteiger partial charge is 0.148 e. The predicted molar refractivity (Wildman–Crippen MR) is 60.5 cm³/mol. The Balaban J connectivity index is 2.31. The average molecular weight is 207 g/mol. The molecule has 0 amide bonds. The number of rotatable bonds is 2. The van der Waals surface area contributed by atoms with Crippen LogP contribution in [-0.2, 0) is 6.42 Å². The Hall–Kier alpha value is -0.890. The van der Waals surface area contributed by atoms with Crippen LogP contribution in [0.1, 0.15) is 36.6 Å². The largest absolute Gasteiger partial charge is 0.281 e. The van der Waals surface area contributed by atoms with Crippen LogP contribution >= 0.6 is 0 Å². The lowest BCUT2D eigenvalue weighted by Gasteiger charge is -2.19. The summed E-state index contributed by atoms with van der Waals surface area (Å²) in [5, 5.41) is 3.01. The predicted octanol–water partition coefficient (Wildman–Crippen LogP) is 3.13. The van der Waals surface area contributed by atoms with Gasteiger partial charge in [-0.05, 0) is 37.3 Å². The molecule has 2 rings (SSSR count). The van der Waals surface area contributed by atoms with Crippen LogP contribution in [0, 0.1) is 12.8 Å². The van der Waals surface area contributed by atoms with Crippen LogP contribution in [-0.4, -0.2) is 6.30 Å². The summed E-state index contributed by atoms with van der Waals surface area (Å²) < 4.78 is 13.0. The summed E-state index contributed by atoms with van der Waals surface area (Å²) in [6.07, 6.45) is 0.115. The van der Waals surface area contributed by atoms with E-state index in [2.05, 4.69) is 37.4 Å². The van der Waals surface area contributed by atoms with E-state index in [1.807, 2.05) is 0 Å². The SMILES string of the molecule is Cc1ccc2c(c1)[C@H](NC(C)F)[C@@H](C)C2. The molecule has 0 spiro atoms. The molecule has 0 saturated carbocycles. The van der Waals surface area contributed by atoms with Gasteiger partial charge in [0, 0.05) is 6.04 Å². The molecule has 0 bridgehead atoms. The molecule has 1 N–H and O–H groups in total. The Morgan fingerprint density at radius 1 is 1.47 bits per heavy atom. The lowest BCUT2D eigenvalue weighted by molar-refractivity contribution is 0.244. The Morgan fingerprint density at radius 2 is 2.20 bits per heavy atom. The number of fused-ring (bicyclic) bond motifs is 1. The van der Waals surface area contributed by atoms with Gasteiger partial charge in [-0.15, -0.1) is 0 Å². The van der Waals surface area contributed by atoms with E-state index in [0.29, 0.717) is 5.92 Å². The molecule has 1 aliphatic rings. The van der Waals surface area contributed by atoms with Gasteiger partial charge in [0.1, 0.15) is 6.30 Å². The number of hydrogen-bond acceptors (Lipinski definition) is 1. The third-order valence-electron chi connectivity index (χ3n) is 3.16. The van der Waals surface area contributed by atoms with Gasteiger partial charge < -0.3 is 0 Å². The number of nitrogens with one attached hydrogen (secondary N) is 1. The summed E-state index contributed by atoms with van der Waals surface area (Å²) >= 11 is 0. The molecule has 1 aromatic rings. The highest BCUT2D eigenvalue weighted by Crippen LogP contribution is 2.36. The van der Waals surface area contributed by atoms with Crippen molar-refractivity contribution in [3.05, 3.63) is 34.9 Å². The third-order valence-corrected chi connectivity index (χ3v) is 3.16. The van der Waals surface area contributed by atoms with Crippen molar-refractivity contribution in [2.45, 2.75) is 39.5 Å². The maximum absolute atomic E-state index is 13.0. The molecule has 0 aromatic heterocycles. The summed E-state index contributed by atoms with van der Waals surface area (Å²) in [7, 11) is 0. The fraction of sp³-hybridized carbons (Fsp3) is 0.538. The van der Waals surface area contributed by atoms with Gasteiger partial charge in [-0.1, -0.05) is 30.7 Å². The minimum atomic E-state index is -0.941. The van der Waals surface area contributed by atoms with Crippen LogP contribution in [0.5, 0.6) is 0 Å². The lowest BCUT2D eigenvalue weighted by Crippen LogP contribution is -2.29. The second-order valence-electron chi connectivity index (χ2n) is 4.64. The minimum absolute atomic E-state index is 0.180. The van der Waals surface area contributed by atoms with Gasteiger partial charge in [-0.2, -0.15) is 0 Å². The third kappa shape index (κ3) is 2.05. The molecule has 0 heterocycles. The first kappa shape index (κ1) is 10.6. The molecule has 15 heavy (non-hydrogen) atoms. The highest BCUT2D eigenvalue weighted by Gasteiger charge is 2.29. The first-order valence-electron chi connectivity index (χ1n) is 5.57. The summed E-state index contributed by atoms with van der Waals surface area (Å²) in [5.74, 6) is 0.486. The van der Waals surface area contributed by atoms with E-state index < -0.39 is 6.30 Å². The number of alkyl halides is 1. The molecule has 0 aliphatic heterocycles. The van der Waals surface area contributed by atoms with Crippen LogP contribution in [0.25, 0.3) is 0 Å². The second-order valence-corrected chi connectivity index (χ2v) is 4.64. The van der Waals surface area contributed by atoms with E-state index in [4.69, 9.17) is 0 Å². The molecular formula is C13H18FN. The Kier molecular flexibility index (Phi) is 2.79. The monoisotopic (exact) mass is 207 g/mol. The van der Waals surface area contributed by atoms with Crippen LogP contribution in [0.15, 0.2) is 18.2 Å². The summed E-state index contributed by atoms with van der Waals surface area (Å²) in [6.45, 7) is 5.81. The molecule has 1 aromatic carbocycles. The molecule has 0 fully saturated rings. The standard InChI is InChI=1S/C13H18FN/c1-8-4-5-11-7-9(2)13(12(11)6-8)15-10(3)14/h4-6,9-10,13,15H,7H2,1-3H3/t9-,10?,13+/m0/s1. The van der Waals surface area contributed by atoms with Crippen LogP contribution in [0.3, 0.4) is 0 Å². The maximum Gasteiger partial charge on any atom is 0.148 e. The molecule has 2 heteroatoms. The van der Waals surface area contributed by atoms with Crippen LogP contribution < -0.4 is 5.32 Å². The summed E-state index contributed by atoms with van der Waals surface area (Å²) in [5.41, 5.74) is 3.90. The zero-order valence-corrected chi connectivity index (χ0v) is 9.55. The highest BCUT2D eigenvalue weighted by molar-refractivity contribution is 5.38. The molecular weight excluding hydrogens is 189 g/mol. The van der Waals surface area contributed by atoms with E-state index in [9.17, 15) is 4.39 Å². The highest BCUT2D eigenvalue weighted by atomic mass is 19.1. The summed E-state index contributed by atoms with van der Waals surface area (Å²) in [4.78, 5) is 0. The minimum Gasteiger partial charge on any atom is -0.281 e. The molecule has 1 aliphatic carbocycles. The average Bonchev–Trinajstić information content (AvgIpc) is 2.43. The fourth-order valence-electron chi connectivity index (χ4n) is 2.46. The van der Waals surface area contributed by atoms with Crippen LogP contribution in [0.4, 0.5) is 4.39 Å². The number of benzene rings is 1. The first-order chi connectivity index (χ1) is 7.08. The van der Waals surface area contributed by atoms with Gasteiger partial charge in [0.15, 0.2) is 0 Å². The van der Waals surface area contributed by atoms with Crippen molar-refractivity contribution in [1.29, 1.82) is 0 Å². The Morgan fingerprint density at radius 3 is 2.87 bits per heavy atom. The number of halogens is 1. The Labute approximate surface area is 90.7 Å². The van der Waals surface area contributed by atoms with Gasteiger partial charge in [-0.25, -0.2) is 4.39 Å². The summed E-state index contributed by atoms with van der Waals surface area (Å²) in [6, 6.07) is 6.66. The van der Waals surface area contributed by atoms with Crippen molar-refractivity contribution >= 4 is 0 Å². The normalized spacial score (nSPS) is 26.4. The van der Waals surface area contributed by atoms with Crippen molar-refractivity contribution in [3.63, 3.8) is 0 Å². The maximum atomic E-state index is 13.0. The van der Waals surface area contributed by atoms with Gasteiger partial charge in [-0.3, -0.25) is 5.32 Å². The van der Waals surface area contributed by atoms with E-state index >= 15 is 0 Å². The molecule has 0 saturated heterocycles. The van der Waals surface area contributed by atoms with E-state index in [1.165, 1.54) is 16.7 Å². The van der Waals surface area contributed by atoms with Gasteiger partial charge in [0.05, 0.1) is 0 Å². The molecule has 1 nitrogen and oxygen atoms in total. The first-order valence-corrected chi connectivity index (χ1v) is 5.57. The number of hydrogen-bond donors (Lipinski definition) is 1. The lowest BCUT2D eigenvalue weighted by atomic mass is 10.0. The van der Waals surface area contributed by atoms with Crippen molar-refractivity contribution < 1.29 is 4.39 Å².